The predicted octanol–water partition coefficient (Wildman–Crippen LogP) is 4.05. The minimum Gasteiger partial charge on any atom is -0.492 e. The van der Waals surface area contributed by atoms with Gasteiger partial charge in [0, 0.05) is 6.04 Å². The van der Waals surface area contributed by atoms with E-state index in [1.165, 1.54) is 5.56 Å². The predicted molar refractivity (Wildman–Crippen MR) is 85.6 cm³/mol. The second-order valence-corrected chi connectivity index (χ2v) is 6.75. The quantitative estimate of drug-likeness (QED) is 0.763. The average molecular weight is 339 g/mol. The third kappa shape index (κ3) is 5.94. The van der Waals surface area contributed by atoms with Crippen molar-refractivity contribution in [2.75, 3.05) is 6.61 Å². The second kappa shape index (κ2) is 7.66. The summed E-state index contributed by atoms with van der Waals surface area (Å²) in [6.07, 6.45) is 2.56. The molecule has 0 heterocycles. The molecule has 0 saturated heterocycles. The molecule has 1 atom stereocenters. The van der Waals surface area contributed by atoms with Crippen LogP contribution in [-0.4, -0.2) is 12.6 Å². The van der Waals surface area contributed by atoms with Crippen LogP contribution in [0.2, 0.25) is 0 Å². The van der Waals surface area contributed by atoms with Gasteiger partial charge in [-0.1, -0.05) is 6.07 Å². The van der Waals surface area contributed by atoms with Gasteiger partial charge in [-0.05, 0) is 73.7 Å². The van der Waals surface area contributed by atoms with Gasteiger partial charge >= 0.3 is 0 Å². The molecule has 0 radical (unpaired) electrons. The molecular formula is C16H23BrN2O. The zero-order valence-corrected chi connectivity index (χ0v) is 14.0. The van der Waals surface area contributed by atoms with E-state index in [-0.39, 0.29) is 11.5 Å². The van der Waals surface area contributed by atoms with E-state index < -0.39 is 0 Å². The maximum Gasteiger partial charge on any atom is 0.133 e. The molecule has 0 amide bonds. The highest BCUT2D eigenvalue weighted by Crippen LogP contribution is 2.27. The Hall–Kier alpha value is -1.05. The molecule has 0 bridgehead atoms. The highest BCUT2D eigenvalue weighted by atomic mass is 79.9. The minimum absolute atomic E-state index is 0.155. The summed E-state index contributed by atoms with van der Waals surface area (Å²) in [5.74, 6) is 0.841. The van der Waals surface area contributed by atoms with Crippen LogP contribution in [0.15, 0.2) is 22.7 Å². The van der Waals surface area contributed by atoms with Gasteiger partial charge in [-0.2, -0.15) is 5.26 Å². The molecule has 1 unspecified atom stereocenters. The summed E-state index contributed by atoms with van der Waals surface area (Å²) >= 11 is 3.52. The van der Waals surface area contributed by atoms with Gasteiger partial charge in [-0.3, -0.25) is 0 Å². The van der Waals surface area contributed by atoms with Crippen LogP contribution in [-0.2, 0) is 6.42 Å². The fraction of sp³-hybridized carbons (Fsp3) is 0.562. The van der Waals surface area contributed by atoms with Crippen molar-refractivity contribution < 1.29 is 4.74 Å². The van der Waals surface area contributed by atoms with E-state index in [0.29, 0.717) is 6.61 Å². The van der Waals surface area contributed by atoms with Gasteiger partial charge in [0.05, 0.1) is 22.6 Å². The van der Waals surface area contributed by atoms with Gasteiger partial charge < -0.3 is 10.5 Å². The Morgan fingerprint density at radius 2 is 2.15 bits per heavy atom. The largest absolute Gasteiger partial charge is 0.492 e. The first-order valence-corrected chi connectivity index (χ1v) is 7.71. The molecule has 0 saturated carbocycles. The molecule has 1 aromatic carbocycles. The number of nitriles is 1. The Bertz CT molecular complexity index is 478. The Balaban J connectivity index is 2.47. The SMILES string of the molecule is CC(N)Cc1ccc(OCCCC(C)(C)C#N)c(Br)c1. The number of benzene rings is 1. The molecule has 0 aliphatic heterocycles. The second-order valence-electron chi connectivity index (χ2n) is 5.89. The van der Waals surface area contributed by atoms with E-state index in [4.69, 9.17) is 15.7 Å². The van der Waals surface area contributed by atoms with Crippen LogP contribution in [0.4, 0.5) is 0 Å². The maximum atomic E-state index is 8.95. The third-order valence-electron chi connectivity index (χ3n) is 3.06. The van der Waals surface area contributed by atoms with E-state index in [1.807, 2.05) is 32.9 Å². The number of nitrogens with two attached hydrogens (primary N) is 1. The zero-order valence-electron chi connectivity index (χ0n) is 12.4. The molecule has 0 aromatic heterocycles. The Morgan fingerprint density at radius 1 is 1.45 bits per heavy atom. The van der Waals surface area contributed by atoms with Gasteiger partial charge in [-0.25, -0.2) is 0 Å². The zero-order chi connectivity index (χ0) is 15.2. The van der Waals surface area contributed by atoms with E-state index >= 15 is 0 Å². The molecular weight excluding hydrogens is 316 g/mol. The van der Waals surface area contributed by atoms with E-state index in [9.17, 15) is 0 Å². The van der Waals surface area contributed by atoms with Crippen LogP contribution >= 0.6 is 15.9 Å². The molecule has 110 valence electrons. The fourth-order valence-electron chi connectivity index (χ4n) is 1.91. The molecule has 1 aromatic rings. The Labute approximate surface area is 130 Å². The average Bonchev–Trinajstić information content (AvgIpc) is 2.36. The van der Waals surface area contributed by atoms with Crippen LogP contribution in [0, 0.1) is 16.7 Å². The lowest BCUT2D eigenvalue weighted by atomic mass is 9.90. The number of rotatable bonds is 7. The minimum atomic E-state index is -0.276. The number of hydrogen-bond donors (Lipinski definition) is 1. The van der Waals surface area contributed by atoms with Gasteiger partial charge in [0.15, 0.2) is 0 Å². The van der Waals surface area contributed by atoms with Gasteiger partial charge in [0.25, 0.3) is 0 Å². The normalized spacial score (nSPS) is 12.8. The summed E-state index contributed by atoms with van der Waals surface area (Å²) in [7, 11) is 0. The first kappa shape index (κ1) is 17.0. The van der Waals surface area contributed by atoms with Crippen LogP contribution in [0.1, 0.15) is 39.2 Å². The lowest BCUT2D eigenvalue weighted by molar-refractivity contribution is 0.282. The van der Waals surface area contributed by atoms with Gasteiger partial charge in [0.1, 0.15) is 5.75 Å². The molecule has 2 N–H and O–H groups in total. The summed E-state index contributed by atoms with van der Waals surface area (Å²) in [4.78, 5) is 0. The molecule has 0 spiro atoms. The van der Waals surface area contributed by atoms with E-state index in [2.05, 4.69) is 28.1 Å². The van der Waals surface area contributed by atoms with Gasteiger partial charge in [0.2, 0.25) is 0 Å². The first-order chi connectivity index (χ1) is 9.34. The van der Waals surface area contributed by atoms with Gasteiger partial charge in [-0.15, -0.1) is 0 Å². The molecule has 0 fully saturated rings. The number of ether oxygens (including phenoxy) is 1. The number of nitrogens with zero attached hydrogens (tertiary/aromatic N) is 1. The van der Waals surface area contributed by atoms with Crippen molar-refractivity contribution in [3.05, 3.63) is 28.2 Å². The van der Waals surface area contributed by atoms with Crippen LogP contribution in [0.25, 0.3) is 0 Å². The summed E-state index contributed by atoms with van der Waals surface area (Å²) in [5.41, 5.74) is 6.71. The van der Waals surface area contributed by atoms with Crippen molar-refractivity contribution >= 4 is 15.9 Å². The number of hydrogen-bond acceptors (Lipinski definition) is 3. The first-order valence-electron chi connectivity index (χ1n) is 6.92. The third-order valence-corrected chi connectivity index (χ3v) is 3.68. The smallest absolute Gasteiger partial charge is 0.133 e. The van der Waals surface area contributed by atoms with Crippen molar-refractivity contribution in [3.63, 3.8) is 0 Å². The molecule has 0 aliphatic rings. The molecule has 4 heteroatoms. The fourth-order valence-corrected chi connectivity index (χ4v) is 2.45. The summed E-state index contributed by atoms with van der Waals surface area (Å²) in [5, 5.41) is 8.95. The van der Waals surface area contributed by atoms with Crippen molar-refractivity contribution in [1.29, 1.82) is 5.26 Å². The van der Waals surface area contributed by atoms with Crippen molar-refractivity contribution in [1.82, 2.24) is 0 Å². The standard InChI is InChI=1S/C16H23BrN2O/c1-12(19)9-13-5-6-15(14(17)10-13)20-8-4-7-16(2,3)11-18/h5-6,10,12H,4,7-9,19H2,1-3H3. The molecule has 0 aliphatic carbocycles. The molecule has 1 rings (SSSR count). The van der Waals surface area contributed by atoms with Crippen molar-refractivity contribution in [3.8, 4) is 11.8 Å². The van der Waals surface area contributed by atoms with Crippen LogP contribution in [0.3, 0.4) is 0 Å². The van der Waals surface area contributed by atoms with Crippen molar-refractivity contribution in [2.24, 2.45) is 11.1 Å². The van der Waals surface area contributed by atoms with Crippen LogP contribution in [0.5, 0.6) is 5.75 Å². The Morgan fingerprint density at radius 3 is 2.70 bits per heavy atom. The highest BCUT2D eigenvalue weighted by molar-refractivity contribution is 9.10. The summed E-state index contributed by atoms with van der Waals surface area (Å²) < 4.78 is 6.70. The summed E-state index contributed by atoms with van der Waals surface area (Å²) in [6.45, 7) is 6.52. The highest BCUT2D eigenvalue weighted by Gasteiger charge is 2.15. The maximum absolute atomic E-state index is 8.95. The van der Waals surface area contributed by atoms with E-state index in [1.54, 1.807) is 0 Å². The lowest BCUT2D eigenvalue weighted by Crippen LogP contribution is -2.17. The monoisotopic (exact) mass is 338 g/mol. The Kier molecular flexibility index (Phi) is 6.51. The number of halogens is 1. The van der Waals surface area contributed by atoms with E-state index in [0.717, 1.165) is 29.5 Å². The molecule has 20 heavy (non-hydrogen) atoms. The molecule has 3 nitrogen and oxygen atoms in total. The van der Waals surface area contributed by atoms with Crippen LogP contribution < -0.4 is 10.5 Å². The topological polar surface area (TPSA) is 59.0 Å². The summed E-state index contributed by atoms with van der Waals surface area (Å²) in [6, 6.07) is 8.52. The lowest BCUT2D eigenvalue weighted by Gasteiger charge is -2.15. The van der Waals surface area contributed by atoms with Crippen molar-refractivity contribution in [2.45, 2.75) is 46.1 Å².